The number of benzene rings is 3. The van der Waals surface area contributed by atoms with Gasteiger partial charge in [-0.15, -0.1) is 0 Å². The monoisotopic (exact) mass is 490 g/mol. The van der Waals surface area contributed by atoms with E-state index in [4.69, 9.17) is 16.3 Å². The molecule has 2 fully saturated rings. The molecule has 0 spiro atoms. The molecule has 0 radical (unpaired) electrons. The third kappa shape index (κ3) is 5.07. The number of fused-ring (bicyclic) bond motifs is 1. The van der Waals surface area contributed by atoms with Crippen LogP contribution in [-0.2, 0) is 14.9 Å². The molecule has 3 aromatic carbocycles. The van der Waals surface area contributed by atoms with Gasteiger partial charge in [-0.2, -0.15) is 0 Å². The number of carbonyl (C=O) groups excluding carboxylic acids is 2. The largest absolute Gasteiger partial charge is 0.381 e. The fourth-order valence-corrected chi connectivity index (χ4v) is 5.70. The molecule has 3 aromatic rings. The summed E-state index contributed by atoms with van der Waals surface area (Å²) in [4.78, 5) is 28.6. The van der Waals surface area contributed by atoms with Gasteiger partial charge < -0.3 is 15.0 Å². The molecule has 5 rings (SSSR count). The molecule has 2 saturated heterocycles. The van der Waals surface area contributed by atoms with E-state index >= 15 is 0 Å². The van der Waals surface area contributed by atoms with E-state index in [0.29, 0.717) is 43.4 Å². The lowest BCUT2D eigenvalue weighted by Gasteiger charge is -2.39. The number of nitrogens with zero attached hydrogens (tertiary/aromatic N) is 1. The Hall–Kier alpha value is -2.89. The molecule has 2 aliphatic rings. The number of piperidine rings is 1. The molecular formula is C29H31ClN2O3. The Morgan fingerprint density at radius 3 is 2.63 bits per heavy atom. The standard InChI is InChI=1S/C29H31ClN2O3/c30-24-10-4-9-23(18-24)29(13-16-35-17-14-29)20-31-27(33)22-8-5-15-32(19-22)28(34)26-12-3-7-21-6-1-2-11-25(21)26/h1-4,6-7,9-12,18,22H,5,8,13-17,19-20H2,(H,31,33). The van der Waals surface area contributed by atoms with E-state index in [1.54, 1.807) is 0 Å². The fraction of sp³-hybridized carbons (Fsp3) is 0.379. The zero-order valence-electron chi connectivity index (χ0n) is 19.8. The van der Waals surface area contributed by atoms with Crippen LogP contribution in [0.25, 0.3) is 10.8 Å². The molecule has 0 aromatic heterocycles. The fourth-order valence-electron chi connectivity index (χ4n) is 5.51. The molecule has 1 N–H and O–H groups in total. The van der Waals surface area contributed by atoms with Crippen molar-refractivity contribution in [3.05, 3.63) is 82.9 Å². The normalized spacial score (nSPS) is 19.9. The Balaban J connectivity index is 1.28. The zero-order chi connectivity index (χ0) is 24.3. The van der Waals surface area contributed by atoms with Crippen molar-refractivity contribution >= 4 is 34.2 Å². The first-order valence-corrected chi connectivity index (χ1v) is 12.8. The Labute approximate surface area is 211 Å². The third-order valence-electron chi connectivity index (χ3n) is 7.59. The first-order valence-electron chi connectivity index (χ1n) is 12.4. The maximum absolute atomic E-state index is 13.4. The molecule has 182 valence electrons. The second-order valence-corrected chi connectivity index (χ2v) is 10.2. The molecule has 2 heterocycles. The quantitative estimate of drug-likeness (QED) is 0.534. The highest BCUT2D eigenvalue weighted by Gasteiger charge is 2.36. The van der Waals surface area contributed by atoms with E-state index in [9.17, 15) is 9.59 Å². The van der Waals surface area contributed by atoms with Crippen molar-refractivity contribution in [2.75, 3.05) is 32.8 Å². The van der Waals surface area contributed by atoms with Gasteiger partial charge in [0.15, 0.2) is 0 Å². The molecule has 5 nitrogen and oxygen atoms in total. The number of ether oxygens (including phenoxy) is 1. The van der Waals surface area contributed by atoms with E-state index in [2.05, 4.69) is 11.4 Å². The number of hydrogen-bond donors (Lipinski definition) is 1. The van der Waals surface area contributed by atoms with Crippen molar-refractivity contribution in [2.24, 2.45) is 5.92 Å². The predicted molar refractivity (Wildman–Crippen MR) is 139 cm³/mol. The summed E-state index contributed by atoms with van der Waals surface area (Å²) in [6.45, 7) is 3.00. The molecule has 1 atom stereocenters. The van der Waals surface area contributed by atoms with Crippen LogP contribution in [0.5, 0.6) is 0 Å². The number of carbonyl (C=O) groups is 2. The minimum absolute atomic E-state index is 0.000808. The van der Waals surface area contributed by atoms with Crippen molar-refractivity contribution in [3.8, 4) is 0 Å². The summed E-state index contributed by atoms with van der Waals surface area (Å²) in [5, 5.41) is 5.94. The first-order chi connectivity index (χ1) is 17.1. The summed E-state index contributed by atoms with van der Waals surface area (Å²) in [7, 11) is 0. The summed E-state index contributed by atoms with van der Waals surface area (Å²) >= 11 is 6.29. The highest BCUT2D eigenvalue weighted by atomic mass is 35.5. The van der Waals surface area contributed by atoms with Crippen LogP contribution in [0.3, 0.4) is 0 Å². The van der Waals surface area contributed by atoms with Crippen LogP contribution in [0, 0.1) is 5.92 Å². The van der Waals surface area contributed by atoms with Crippen LogP contribution in [-0.4, -0.2) is 49.6 Å². The lowest BCUT2D eigenvalue weighted by atomic mass is 9.74. The first kappa shape index (κ1) is 23.8. The Bertz CT molecular complexity index is 1220. The van der Waals surface area contributed by atoms with Gasteiger partial charge in [-0.25, -0.2) is 0 Å². The summed E-state index contributed by atoms with van der Waals surface area (Å²) in [5.74, 6) is -0.189. The minimum atomic E-state index is -0.209. The van der Waals surface area contributed by atoms with Gasteiger partial charge in [-0.1, -0.05) is 60.1 Å². The average molecular weight is 491 g/mol. The molecule has 2 amide bonds. The summed E-state index contributed by atoms with van der Waals surface area (Å²) in [6.07, 6.45) is 3.29. The van der Waals surface area contributed by atoms with Gasteiger partial charge in [0, 0.05) is 48.8 Å². The Morgan fingerprint density at radius 2 is 1.80 bits per heavy atom. The topological polar surface area (TPSA) is 58.6 Å². The second kappa shape index (κ2) is 10.4. The van der Waals surface area contributed by atoms with Crippen molar-refractivity contribution in [1.82, 2.24) is 10.2 Å². The Morgan fingerprint density at radius 1 is 1.03 bits per heavy atom. The van der Waals surface area contributed by atoms with Crippen LogP contribution in [0.4, 0.5) is 0 Å². The highest BCUT2D eigenvalue weighted by molar-refractivity contribution is 6.30. The number of hydrogen-bond acceptors (Lipinski definition) is 3. The molecule has 1 unspecified atom stereocenters. The van der Waals surface area contributed by atoms with E-state index in [0.717, 1.165) is 42.0 Å². The van der Waals surface area contributed by atoms with E-state index < -0.39 is 0 Å². The lowest BCUT2D eigenvalue weighted by molar-refractivity contribution is -0.126. The van der Waals surface area contributed by atoms with Crippen molar-refractivity contribution in [2.45, 2.75) is 31.1 Å². The van der Waals surface area contributed by atoms with Gasteiger partial charge in [-0.05, 0) is 60.2 Å². The van der Waals surface area contributed by atoms with Crippen molar-refractivity contribution in [1.29, 1.82) is 0 Å². The zero-order valence-corrected chi connectivity index (χ0v) is 20.6. The van der Waals surface area contributed by atoms with Crippen LogP contribution in [0.15, 0.2) is 66.7 Å². The van der Waals surface area contributed by atoms with Gasteiger partial charge in [0.1, 0.15) is 0 Å². The van der Waals surface area contributed by atoms with E-state index in [1.165, 1.54) is 0 Å². The molecular weight excluding hydrogens is 460 g/mol. The highest BCUT2D eigenvalue weighted by Crippen LogP contribution is 2.35. The van der Waals surface area contributed by atoms with Crippen LogP contribution in [0.1, 0.15) is 41.6 Å². The number of rotatable bonds is 5. The van der Waals surface area contributed by atoms with Gasteiger partial charge in [0.25, 0.3) is 5.91 Å². The van der Waals surface area contributed by atoms with Gasteiger partial charge in [0.05, 0.1) is 5.92 Å². The number of likely N-dealkylation sites (tertiary alicyclic amines) is 1. The molecule has 2 aliphatic heterocycles. The van der Waals surface area contributed by atoms with Crippen LogP contribution in [0.2, 0.25) is 5.02 Å². The molecule has 0 aliphatic carbocycles. The summed E-state index contributed by atoms with van der Waals surface area (Å²) < 4.78 is 5.62. The number of amides is 2. The van der Waals surface area contributed by atoms with Crippen LogP contribution < -0.4 is 5.32 Å². The predicted octanol–water partition coefficient (Wildman–Crippen LogP) is 5.21. The smallest absolute Gasteiger partial charge is 0.254 e. The second-order valence-electron chi connectivity index (χ2n) is 9.74. The van der Waals surface area contributed by atoms with E-state index in [1.807, 2.05) is 65.6 Å². The molecule has 0 bridgehead atoms. The molecule has 6 heteroatoms. The maximum Gasteiger partial charge on any atom is 0.254 e. The SMILES string of the molecule is O=C(NCC1(c2cccc(Cl)c2)CCOCC1)C1CCCN(C(=O)c2cccc3ccccc23)C1. The summed E-state index contributed by atoms with van der Waals surface area (Å²) in [5.41, 5.74) is 1.66. The Kier molecular flexibility index (Phi) is 7.07. The van der Waals surface area contributed by atoms with Crippen molar-refractivity contribution in [3.63, 3.8) is 0 Å². The van der Waals surface area contributed by atoms with E-state index in [-0.39, 0.29) is 23.1 Å². The van der Waals surface area contributed by atoms with Gasteiger partial charge in [-0.3, -0.25) is 9.59 Å². The van der Waals surface area contributed by atoms with Crippen molar-refractivity contribution < 1.29 is 14.3 Å². The molecule has 0 saturated carbocycles. The number of nitrogens with one attached hydrogen (secondary N) is 1. The van der Waals surface area contributed by atoms with Gasteiger partial charge >= 0.3 is 0 Å². The van der Waals surface area contributed by atoms with Gasteiger partial charge in [0.2, 0.25) is 5.91 Å². The molecule has 35 heavy (non-hydrogen) atoms. The third-order valence-corrected chi connectivity index (χ3v) is 7.82. The number of halogens is 1. The van der Waals surface area contributed by atoms with Crippen LogP contribution >= 0.6 is 11.6 Å². The average Bonchev–Trinajstić information content (AvgIpc) is 2.91. The lowest BCUT2D eigenvalue weighted by Crippen LogP contribution is -2.49. The maximum atomic E-state index is 13.4. The summed E-state index contributed by atoms with van der Waals surface area (Å²) in [6, 6.07) is 21.7. The minimum Gasteiger partial charge on any atom is -0.381 e.